The van der Waals surface area contributed by atoms with E-state index in [0.717, 1.165) is 5.56 Å². The number of primary amides is 1. The average Bonchev–Trinajstić information content (AvgIpc) is 2.63. The monoisotopic (exact) mass is 378 g/mol. The highest BCUT2D eigenvalue weighted by Gasteiger charge is 2.26. The number of Topliss-reactive ketones (excluding diaryl/α,β-unsaturated/α-hetero) is 1. The highest BCUT2D eigenvalue weighted by molar-refractivity contribution is 5.96. The Morgan fingerprint density at radius 3 is 2.30 bits per heavy atom. The van der Waals surface area contributed by atoms with Crippen molar-refractivity contribution >= 4 is 23.4 Å². The number of rotatable bonds is 11. The summed E-state index contributed by atoms with van der Waals surface area (Å²) in [4.78, 5) is 35.8. The van der Waals surface area contributed by atoms with Crippen LogP contribution in [-0.2, 0) is 16.2 Å². The summed E-state index contributed by atoms with van der Waals surface area (Å²) in [6.45, 7) is 3.97. The van der Waals surface area contributed by atoms with Gasteiger partial charge in [-0.2, -0.15) is 0 Å². The minimum atomic E-state index is -0.627. The summed E-state index contributed by atoms with van der Waals surface area (Å²) in [5.74, 6) is -1.02. The number of amides is 3. The van der Waals surface area contributed by atoms with Gasteiger partial charge in [-0.05, 0) is 36.5 Å². The minimum absolute atomic E-state index is 0.0104. The van der Waals surface area contributed by atoms with Crippen LogP contribution in [0.2, 0.25) is 0 Å². The van der Waals surface area contributed by atoms with E-state index in [0.29, 0.717) is 25.1 Å². The molecule has 0 saturated carbocycles. The first kappa shape index (κ1) is 22.6. The topological polar surface area (TPSA) is 148 Å². The Morgan fingerprint density at radius 2 is 1.78 bits per heavy atom. The number of aliphatic hydroxyl groups is 1. The molecule has 8 heteroatoms. The fourth-order valence-electron chi connectivity index (χ4n) is 2.57. The molecule has 2 atom stereocenters. The molecule has 0 aliphatic heterocycles. The molecule has 7 N–H and O–H groups in total. The van der Waals surface area contributed by atoms with E-state index >= 15 is 0 Å². The molecule has 0 spiro atoms. The predicted molar refractivity (Wildman–Crippen MR) is 104 cm³/mol. The van der Waals surface area contributed by atoms with Gasteiger partial charge in [0.25, 0.3) is 0 Å². The zero-order chi connectivity index (χ0) is 20.4. The van der Waals surface area contributed by atoms with Crippen molar-refractivity contribution in [2.75, 3.05) is 11.9 Å². The highest BCUT2D eigenvalue weighted by Crippen LogP contribution is 2.18. The van der Waals surface area contributed by atoms with Gasteiger partial charge in [0.1, 0.15) is 0 Å². The van der Waals surface area contributed by atoms with Crippen molar-refractivity contribution in [2.24, 2.45) is 23.3 Å². The number of carbonyl (C=O) groups is 3. The second kappa shape index (κ2) is 11.3. The number of urea groups is 1. The third kappa shape index (κ3) is 8.19. The Bertz CT molecular complexity index is 631. The number of ketones is 1. The molecule has 0 saturated heterocycles. The lowest BCUT2D eigenvalue weighted by atomic mass is 9.90. The predicted octanol–water partition coefficient (Wildman–Crippen LogP) is 1.12. The van der Waals surface area contributed by atoms with Gasteiger partial charge in [0, 0.05) is 24.6 Å². The summed E-state index contributed by atoms with van der Waals surface area (Å²) in [5, 5.41) is 14.3. The smallest absolute Gasteiger partial charge is 0.312 e. The summed E-state index contributed by atoms with van der Waals surface area (Å²) in [6, 6.07) is 5.56. The average molecular weight is 378 g/mol. The molecule has 0 aromatic heterocycles. The molecule has 8 nitrogen and oxygen atoms in total. The number of hydrogen-bond donors (Lipinski definition) is 5. The molecule has 1 aromatic carbocycles. The first-order valence-corrected chi connectivity index (χ1v) is 9.06. The molecule has 0 aliphatic carbocycles. The highest BCUT2D eigenvalue weighted by atomic mass is 16.3. The number of anilines is 1. The molecule has 150 valence electrons. The molecule has 0 bridgehead atoms. The van der Waals surface area contributed by atoms with Crippen LogP contribution in [0.4, 0.5) is 10.5 Å². The Kier molecular flexibility index (Phi) is 9.46. The van der Waals surface area contributed by atoms with E-state index < -0.39 is 18.0 Å². The molecule has 1 aromatic rings. The van der Waals surface area contributed by atoms with Crippen LogP contribution in [0.25, 0.3) is 0 Å². The first-order chi connectivity index (χ1) is 12.7. The molecule has 3 amide bonds. The summed E-state index contributed by atoms with van der Waals surface area (Å²) in [6.07, 6.45) is 0.961. The summed E-state index contributed by atoms with van der Waals surface area (Å²) in [5.41, 5.74) is 12.3. The Hall–Kier alpha value is -2.45. The number of nitrogens with two attached hydrogens (primary N) is 2. The van der Waals surface area contributed by atoms with Crippen molar-refractivity contribution in [3.63, 3.8) is 0 Å². The number of nitrogens with one attached hydrogen (secondary N) is 2. The normalized spacial score (nSPS) is 13.1. The van der Waals surface area contributed by atoms with Crippen LogP contribution in [0.1, 0.15) is 38.7 Å². The number of benzene rings is 1. The van der Waals surface area contributed by atoms with E-state index in [9.17, 15) is 14.4 Å². The van der Waals surface area contributed by atoms with Gasteiger partial charge < -0.3 is 27.2 Å². The van der Waals surface area contributed by atoms with Gasteiger partial charge >= 0.3 is 6.03 Å². The molecule has 27 heavy (non-hydrogen) atoms. The molecule has 0 heterocycles. The molecule has 0 radical (unpaired) electrons. The van der Waals surface area contributed by atoms with Crippen LogP contribution in [0.3, 0.4) is 0 Å². The van der Waals surface area contributed by atoms with Crippen LogP contribution < -0.4 is 22.1 Å². The Morgan fingerprint density at radius 1 is 1.15 bits per heavy atom. The zero-order valence-corrected chi connectivity index (χ0v) is 15.9. The maximum absolute atomic E-state index is 12.7. The standard InChI is InChI=1S/C19H30N4O4/c1-12(2)17(20)16(25)10-14(4-3-9-22-19(21)27)18(26)23-15-7-5-13(11-24)6-8-15/h5-8,12,14,17,24H,3-4,9-11,20H2,1-2H3,(H,23,26)(H3,21,22,27)/t14-,17+/m1/s1. The van der Waals surface area contributed by atoms with Gasteiger partial charge in [0.05, 0.1) is 12.6 Å². The van der Waals surface area contributed by atoms with Crippen molar-refractivity contribution in [2.45, 2.75) is 45.8 Å². The third-order valence-electron chi connectivity index (χ3n) is 4.34. The van der Waals surface area contributed by atoms with Gasteiger partial charge in [-0.25, -0.2) is 4.79 Å². The Labute approximate surface area is 159 Å². The molecule has 0 unspecified atom stereocenters. The van der Waals surface area contributed by atoms with Gasteiger partial charge in [-0.1, -0.05) is 26.0 Å². The number of hydrogen-bond acceptors (Lipinski definition) is 5. The first-order valence-electron chi connectivity index (χ1n) is 9.06. The molecular formula is C19H30N4O4. The second-order valence-electron chi connectivity index (χ2n) is 6.91. The maximum Gasteiger partial charge on any atom is 0.312 e. The maximum atomic E-state index is 12.7. The lowest BCUT2D eigenvalue weighted by Crippen LogP contribution is -2.38. The van der Waals surface area contributed by atoms with E-state index in [4.69, 9.17) is 16.6 Å². The summed E-state index contributed by atoms with van der Waals surface area (Å²) in [7, 11) is 0. The van der Waals surface area contributed by atoms with Gasteiger partial charge in [-0.15, -0.1) is 0 Å². The zero-order valence-electron chi connectivity index (χ0n) is 15.9. The van der Waals surface area contributed by atoms with Crippen molar-refractivity contribution < 1.29 is 19.5 Å². The third-order valence-corrected chi connectivity index (χ3v) is 4.34. The lowest BCUT2D eigenvalue weighted by Gasteiger charge is -2.20. The van der Waals surface area contributed by atoms with Crippen molar-refractivity contribution in [1.29, 1.82) is 0 Å². The van der Waals surface area contributed by atoms with Crippen LogP contribution >= 0.6 is 0 Å². The van der Waals surface area contributed by atoms with E-state index in [-0.39, 0.29) is 30.6 Å². The van der Waals surface area contributed by atoms with Gasteiger partial charge in [0.2, 0.25) is 5.91 Å². The largest absolute Gasteiger partial charge is 0.392 e. The van der Waals surface area contributed by atoms with E-state index in [2.05, 4.69) is 10.6 Å². The molecule has 0 fully saturated rings. The molecular weight excluding hydrogens is 348 g/mol. The fraction of sp³-hybridized carbons (Fsp3) is 0.526. The van der Waals surface area contributed by atoms with E-state index in [1.165, 1.54) is 0 Å². The van der Waals surface area contributed by atoms with Gasteiger partial charge in [-0.3, -0.25) is 9.59 Å². The van der Waals surface area contributed by atoms with Crippen molar-refractivity contribution in [1.82, 2.24) is 5.32 Å². The quantitative estimate of drug-likeness (QED) is 0.366. The summed E-state index contributed by atoms with van der Waals surface area (Å²) >= 11 is 0. The van der Waals surface area contributed by atoms with E-state index in [1.54, 1.807) is 24.3 Å². The second-order valence-corrected chi connectivity index (χ2v) is 6.91. The Balaban J connectivity index is 2.75. The molecule has 0 aliphatic rings. The lowest BCUT2D eigenvalue weighted by molar-refractivity contribution is -0.127. The van der Waals surface area contributed by atoms with Crippen LogP contribution in [-0.4, -0.2) is 35.4 Å². The van der Waals surface area contributed by atoms with Gasteiger partial charge in [0.15, 0.2) is 5.78 Å². The number of carbonyl (C=O) groups excluding carboxylic acids is 3. The minimum Gasteiger partial charge on any atom is -0.392 e. The molecule has 1 rings (SSSR count). The fourth-order valence-corrected chi connectivity index (χ4v) is 2.57. The van der Waals surface area contributed by atoms with Crippen molar-refractivity contribution in [3.8, 4) is 0 Å². The van der Waals surface area contributed by atoms with Crippen LogP contribution in [0, 0.1) is 11.8 Å². The van der Waals surface area contributed by atoms with E-state index in [1.807, 2.05) is 13.8 Å². The number of aliphatic hydroxyl groups excluding tert-OH is 1. The van der Waals surface area contributed by atoms with Crippen LogP contribution in [0.5, 0.6) is 0 Å². The SMILES string of the molecule is CC(C)[C@H](N)C(=O)C[C@@H](CCCNC(N)=O)C(=O)Nc1ccc(CO)cc1. The van der Waals surface area contributed by atoms with Crippen LogP contribution in [0.15, 0.2) is 24.3 Å². The summed E-state index contributed by atoms with van der Waals surface area (Å²) < 4.78 is 0. The van der Waals surface area contributed by atoms with Crippen molar-refractivity contribution in [3.05, 3.63) is 29.8 Å².